The highest BCUT2D eigenvalue weighted by Crippen LogP contribution is 2.30. The lowest BCUT2D eigenvalue weighted by molar-refractivity contribution is -0.124. The van der Waals surface area contributed by atoms with E-state index in [0.29, 0.717) is 0 Å². The first kappa shape index (κ1) is 26.0. The molecule has 6 N–H and O–H groups in total. The number of aryl methyl sites for hydroxylation is 2. The van der Waals surface area contributed by atoms with Crippen LogP contribution in [0.5, 0.6) is 0 Å². The second-order valence-corrected chi connectivity index (χ2v) is 8.92. The minimum absolute atomic E-state index is 0.534. The maximum atomic E-state index is 11.0. The molecule has 0 atom stereocenters. The molecule has 0 bridgehead atoms. The SMILES string of the molecule is C=C(C)/C(C)=C\N.O=C(/C=C/c1ccc(CNCCc2ccc3c4c([nH]c3c2)CCC4)cc1)NO. The molecule has 6 heteroatoms. The Kier molecular flexibility index (Phi) is 9.47. The first-order chi connectivity index (χ1) is 16.9. The zero-order valence-corrected chi connectivity index (χ0v) is 20.7. The Labute approximate surface area is 207 Å². The van der Waals surface area contributed by atoms with Crippen molar-refractivity contribution in [3.05, 3.63) is 100 Å². The van der Waals surface area contributed by atoms with Crippen molar-refractivity contribution in [3.8, 4) is 0 Å². The number of aromatic nitrogens is 1. The number of carbonyl (C=O) groups excluding carboxylic acids is 1. The molecule has 1 amide bonds. The largest absolute Gasteiger partial charge is 0.404 e. The summed E-state index contributed by atoms with van der Waals surface area (Å²) in [4.78, 5) is 14.6. The number of hydrogen-bond donors (Lipinski definition) is 5. The molecule has 4 rings (SSSR count). The Hall–Kier alpha value is -3.61. The van der Waals surface area contributed by atoms with Gasteiger partial charge in [0.1, 0.15) is 0 Å². The quantitative estimate of drug-likeness (QED) is 0.105. The molecule has 0 saturated heterocycles. The van der Waals surface area contributed by atoms with E-state index < -0.39 is 5.91 Å². The second kappa shape index (κ2) is 12.7. The third-order valence-electron chi connectivity index (χ3n) is 6.27. The number of H-pyrrole nitrogens is 1. The van der Waals surface area contributed by atoms with Gasteiger partial charge in [-0.3, -0.25) is 10.0 Å². The number of benzene rings is 2. The van der Waals surface area contributed by atoms with E-state index in [1.807, 2.05) is 38.1 Å². The molecule has 0 radical (unpaired) electrons. The summed E-state index contributed by atoms with van der Waals surface area (Å²) in [5.41, 5.74) is 16.5. The molecule has 1 aliphatic rings. The van der Waals surface area contributed by atoms with Gasteiger partial charge in [-0.25, -0.2) is 5.48 Å². The highest BCUT2D eigenvalue weighted by Gasteiger charge is 2.16. The van der Waals surface area contributed by atoms with Gasteiger partial charge in [0.2, 0.25) is 0 Å². The zero-order chi connectivity index (χ0) is 25.2. The van der Waals surface area contributed by atoms with Crippen molar-refractivity contribution < 1.29 is 10.0 Å². The van der Waals surface area contributed by atoms with Gasteiger partial charge < -0.3 is 16.0 Å². The molecule has 0 fully saturated rings. The lowest BCUT2D eigenvalue weighted by Crippen LogP contribution is -2.16. The van der Waals surface area contributed by atoms with Crippen LogP contribution in [0.4, 0.5) is 0 Å². The van der Waals surface area contributed by atoms with Crippen molar-refractivity contribution in [2.75, 3.05) is 6.54 Å². The van der Waals surface area contributed by atoms with Crippen LogP contribution in [0.1, 0.15) is 48.2 Å². The van der Waals surface area contributed by atoms with Crippen LogP contribution < -0.4 is 16.5 Å². The molecule has 3 aromatic rings. The predicted octanol–water partition coefficient (Wildman–Crippen LogP) is 4.93. The predicted molar refractivity (Wildman–Crippen MR) is 144 cm³/mol. The number of carbonyl (C=O) groups is 1. The summed E-state index contributed by atoms with van der Waals surface area (Å²) >= 11 is 0. The highest BCUT2D eigenvalue weighted by atomic mass is 16.5. The third kappa shape index (κ3) is 7.44. The van der Waals surface area contributed by atoms with Gasteiger partial charge in [-0.05, 0) is 92.2 Å². The summed E-state index contributed by atoms with van der Waals surface area (Å²) in [6.07, 6.45) is 9.18. The molecule has 2 aromatic carbocycles. The Morgan fingerprint density at radius 3 is 2.54 bits per heavy atom. The molecular weight excluding hydrogens is 436 g/mol. The topological polar surface area (TPSA) is 103 Å². The zero-order valence-electron chi connectivity index (χ0n) is 20.7. The number of hydroxylamine groups is 1. The van der Waals surface area contributed by atoms with E-state index in [1.54, 1.807) is 17.8 Å². The second-order valence-electron chi connectivity index (χ2n) is 8.92. The van der Waals surface area contributed by atoms with E-state index in [-0.39, 0.29) is 0 Å². The maximum absolute atomic E-state index is 11.0. The van der Waals surface area contributed by atoms with E-state index in [4.69, 9.17) is 10.9 Å². The number of nitrogens with two attached hydrogens (primary N) is 1. The van der Waals surface area contributed by atoms with Crippen molar-refractivity contribution in [1.82, 2.24) is 15.8 Å². The molecule has 1 aromatic heterocycles. The van der Waals surface area contributed by atoms with Crippen molar-refractivity contribution in [2.45, 2.75) is 46.1 Å². The molecule has 0 spiro atoms. The number of aromatic amines is 1. The Morgan fingerprint density at radius 1 is 1.14 bits per heavy atom. The van der Waals surface area contributed by atoms with Crippen LogP contribution in [0.3, 0.4) is 0 Å². The number of hydrogen-bond acceptors (Lipinski definition) is 4. The summed E-state index contributed by atoms with van der Waals surface area (Å²) in [5.74, 6) is -0.534. The van der Waals surface area contributed by atoms with Gasteiger partial charge in [-0.1, -0.05) is 48.6 Å². The van der Waals surface area contributed by atoms with Crippen LogP contribution in [0.15, 0.2) is 72.5 Å². The third-order valence-corrected chi connectivity index (χ3v) is 6.27. The van der Waals surface area contributed by atoms with Gasteiger partial charge in [0.05, 0.1) is 0 Å². The van der Waals surface area contributed by atoms with Gasteiger partial charge in [-0.2, -0.15) is 0 Å². The summed E-state index contributed by atoms with van der Waals surface area (Å²) in [6, 6.07) is 14.8. The van der Waals surface area contributed by atoms with Gasteiger partial charge >= 0.3 is 0 Å². The number of rotatable bonds is 8. The number of amides is 1. The number of nitrogens with one attached hydrogen (secondary N) is 3. The van der Waals surface area contributed by atoms with E-state index in [1.165, 1.54) is 58.6 Å². The number of fused-ring (bicyclic) bond motifs is 3. The van der Waals surface area contributed by atoms with E-state index in [0.717, 1.165) is 36.2 Å². The summed E-state index contributed by atoms with van der Waals surface area (Å²) in [5, 5.41) is 13.4. The molecule has 0 saturated carbocycles. The fourth-order valence-electron chi connectivity index (χ4n) is 4.02. The van der Waals surface area contributed by atoms with Crippen LogP contribution >= 0.6 is 0 Å². The normalized spacial score (nSPS) is 12.9. The van der Waals surface area contributed by atoms with Gasteiger partial charge in [0.15, 0.2) is 0 Å². The fourth-order valence-corrected chi connectivity index (χ4v) is 4.02. The van der Waals surface area contributed by atoms with Crippen LogP contribution in [0.2, 0.25) is 0 Å². The van der Waals surface area contributed by atoms with E-state index in [9.17, 15) is 4.79 Å². The smallest absolute Gasteiger partial charge is 0.267 e. The monoisotopic (exact) mass is 472 g/mol. The molecule has 0 unspecified atom stereocenters. The standard InChI is InChI=1S/C23H25N3O2.C6H11N/c27-23(26-28)11-9-16-4-6-18(7-5-16)15-24-13-12-17-8-10-20-19-2-1-3-21(19)25-22(20)14-17;1-5(2)6(3)4-7/h4-11,14,24-25,28H,1-3,12-13,15H2,(H,26,27);4H,1,7H2,2-3H3/b11-9+;6-4-. The Morgan fingerprint density at radius 2 is 1.89 bits per heavy atom. The maximum Gasteiger partial charge on any atom is 0.267 e. The average molecular weight is 473 g/mol. The summed E-state index contributed by atoms with van der Waals surface area (Å²) in [7, 11) is 0. The lowest BCUT2D eigenvalue weighted by Gasteiger charge is -2.06. The summed E-state index contributed by atoms with van der Waals surface area (Å²) in [6.45, 7) is 9.27. The minimum Gasteiger partial charge on any atom is -0.404 e. The van der Waals surface area contributed by atoms with Crippen LogP contribution in [-0.2, 0) is 30.6 Å². The molecular formula is C29H36N4O2. The van der Waals surface area contributed by atoms with Crippen LogP contribution in [-0.4, -0.2) is 22.6 Å². The Bertz CT molecular complexity index is 1220. The lowest BCUT2D eigenvalue weighted by atomic mass is 10.1. The van der Waals surface area contributed by atoms with Crippen molar-refractivity contribution in [1.29, 1.82) is 0 Å². The van der Waals surface area contributed by atoms with Gasteiger partial charge in [0.25, 0.3) is 5.91 Å². The Balaban J connectivity index is 0.000000429. The number of allylic oxidation sites excluding steroid dienone is 2. The first-order valence-electron chi connectivity index (χ1n) is 12.0. The molecule has 1 aliphatic carbocycles. The molecule has 0 aliphatic heterocycles. The van der Waals surface area contributed by atoms with Gasteiger partial charge in [0, 0.05) is 29.2 Å². The highest BCUT2D eigenvalue weighted by molar-refractivity contribution is 5.90. The van der Waals surface area contributed by atoms with Crippen molar-refractivity contribution in [2.24, 2.45) is 5.73 Å². The van der Waals surface area contributed by atoms with Crippen LogP contribution in [0.25, 0.3) is 17.0 Å². The van der Waals surface area contributed by atoms with E-state index in [2.05, 4.69) is 35.1 Å². The molecule has 1 heterocycles. The molecule has 35 heavy (non-hydrogen) atoms. The average Bonchev–Trinajstić information content (AvgIpc) is 3.46. The van der Waals surface area contributed by atoms with Crippen molar-refractivity contribution in [3.63, 3.8) is 0 Å². The van der Waals surface area contributed by atoms with Gasteiger partial charge in [-0.15, -0.1) is 0 Å². The molecule has 184 valence electrons. The van der Waals surface area contributed by atoms with E-state index >= 15 is 0 Å². The minimum atomic E-state index is -0.534. The fraction of sp³-hybridized carbons (Fsp3) is 0.276. The first-order valence-corrected chi connectivity index (χ1v) is 12.0. The van der Waals surface area contributed by atoms with Crippen molar-refractivity contribution >= 4 is 22.9 Å². The van der Waals surface area contributed by atoms with Crippen LogP contribution in [0, 0.1) is 0 Å². The summed E-state index contributed by atoms with van der Waals surface area (Å²) < 4.78 is 0. The molecule has 6 nitrogen and oxygen atoms in total.